The number of hydrogen-bond acceptors (Lipinski definition) is 6. The summed E-state index contributed by atoms with van der Waals surface area (Å²) < 4.78 is 5.47. The maximum Gasteiger partial charge on any atom is 0.411 e. The molecule has 10 nitrogen and oxygen atoms in total. The van der Waals surface area contributed by atoms with E-state index < -0.39 is 54.3 Å². The van der Waals surface area contributed by atoms with Crippen molar-refractivity contribution in [2.24, 2.45) is 0 Å². The number of carboxylic acids is 1. The van der Waals surface area contributed by atoms with E-state index in [1.54, 1.807) is 54.6 Å². The first-order valence-corrected chi connectivity index (χ1v) is 13.6. The second kappa shape index (κ2) is 14.8. The van der Waals surface area contributed by atoms with Crippen LogP contribution < -0.4 is 5.32 Å². The number of ketones is 1. The highest BCUT2D eigenvalue weighted by molar-refractivity contribution is 5.99. The topological polar surface area (TPSA) is 133 Å². The Hall–Kier alpha value is -4.21. The lowest BCUT2D eigenvalue weighted by Gasteiger charge is -2.32. The zero-order chi connectivity index (χ0) is 29.1. The summed E-state index contributed by atoms with van der Waals surface area (Å²) in [4.78, 5) is 67.0. The molecule has 0 aliphatic carbocycles. The van der Waals surface area contributed by atoms with Crippen LogP contribution in [0.3, 0.4) is 0 Å². The predicted molar refractivity (Wildman–Crippen MR) is 147 cm³/mol. The Morgan fingerprint density at radius 3 is 2.33 bits per heavy atom. The number of rotatable bonds is 13. The van der Waals surface area contributed by atoms with Gasteiger partial charge in [-0.3, -0.25) is 19.3 Å². The fraction of sp³-hybridized carbons (Fsp3) is 0.433. The highest BCUT2D eigenvalue weighted by atomic mass is 16.6. The standard InChI is InChI=1S/C30H37N3O7/c1-3-4-16-24(31-27(35)23-14-9-6-10-15-23)26(34)19-33(30(39)40-20-22-12-7-5-8-13-22)21(2)28(36)32-18-11-17-25(32)29(37)38/h5-10,12-15,21,24-25H,3-4,11,16-20H2,1-2H3,(H,31,35)(H,37,38)/t21-,24?,25-/m0/s1. The molecule has 1 aliphatic rings. The second-order valence-electron chi connectivity index (χ2n) is 9.87. The van der Waals surface area contributed by atoms with Crippen LogP contribution in [0.25, 0.3) is 0 Å². The summed E-state index contributed by atoms with van der Waals surface area (Å²) in [6.45, 7) is 3.10. The number of unbranched alkanes of at least 4 members (excludes halogenated alkanes) is 1. The smallest absolute Gasteiger partial charge is 0.411 e. The number of carbonyl (C=O) groups excluding carboxylic acids is 4. The Labute approximate surface area is 234 Å². The summed E-state index contributed by atoms with van der Waals surface area (Å²) in [5, 5.41) is 12.3. The van der Waals surface area contributed by atoms with Gasteiger partial charge in [0.25, 0.3) is 5.91 Å². The van der Waals surface area contributed by atoms with E-state index in [2.05, 4.69) is 5.32 Å². The van der Waals surface area contributed by atoms with Gasteiger partial charge in [-0.15, -0.1) is 0 Å². The van der Waals surface area contributed by atoms with Crippen LogP contribution in [-0.4, -0.2) is 75.8 Å². The van der Waals surface area contributed by atoms with E-state index in [0.29, 0.717) is 31.2 Å². The average Bonchev–Trinajstić information content (AvgIpc) is 3.47. The number of aliphatic carboxylic acids is 1. The first-order valence-electron chi connectivity index (χ1n) is 13.6. The average molecular weight is 552 g/mol. The van der Waals surface area contributed by atoms with Gasteiger partial charge in [0.1, 0.15) is 18.7 Å². The zero-order valence-corrected chi connectivity index (χ0v) is 23.0. The van der Waals surface area contributed by atoms with Gasteiger partial charge in [-0.25, -0.2) is 9.59 Å². The number of nitrogens with zero attached hydrogens (tertiary/aromatic N) is 2. The SMILES string of the molecule is CCCCC(NC(=O)c1ccccc1)C(=O)CN(C(=O)OCc1ccccc1)[C@@H](C)C(=O)N1CCC[C@H]1C(=O)O. The third kappa shape index (κ3) is 8.14. The van der Waals surface area contributed by atoms with Crippen molar-refractivity contribution in [3.63, 3.8) is 0 Å². The Bertz CT molecular complexity index is 1170. The van der Waals surface area contributed by atoms with Crippen molar-refractivity contribution in [2.75, 3.05) is 13.1 Å². The molecule has 0 radical (unpaired) electrons. The van der Waals surface area contributed by atoms with Crippen molar-refractivity contribution in [2.45, 2.75) is 70.7 Å². The number of likely N-dealkylation sites (tertiary alicyclic amines) is 1. The summed E-state index contributed by atoms with van der Waals surface area (Å²) in [6.07, 6.45) is 1.76. The van der Waals surface area contributed by atoms with E-state index in [1.165, 1.54) is 11.8 Å². The molecule has 2 aromatic rings. The maximum atomic E-state index is 13.5. The summed E-state index contributed by atoms with van der Waals surface area (Å²) in [7, 11) is 0. The maximum absolute atomic E-state index is 13.5. The molecule has 0 bridgehead atoms. The molecule has 1 unspecified atom stereocenters. The van der Waals surface area contributed by atoms with Crippen molar-refractivity contribution in [3.8, 4) is 0 Å². The minimum Gasteiger partial charge on any atom is -0.480 e. The first-order chi connectivity index (χ1) is 19.2. The number of carbonyl (C=O) groups is 5. The summed E-state index contributed by atoms with van der Waals surface area (Å²) in [5.41, 5.74) is 1.12. The lowest BCUT2D eigenvalue weighted by Crippen LogP contribution is -2.55. The number of ether oxygens (including phenoxy) is 1. The zero-order valence-electron chi connectivity index (χ0n) is 23.0. The van der Waals surface area contributed by atoms with Crippen LogP contribution in [0, 0.1) is 0 Å². The summed E-state index contributed by atoms with van der Waals surface area (Å²) >= 11 is 0. The molecule has 1 saturated heterocycles. The van der Waals surface area contributed by atoms with E-state index in [1.807, 2.05) is 13.0 Å². The quantitative estimate of drug-likeness (QED) is 0.388. The normalized spacial score (nSPS) is 16.1. The van der Waals surface area contributed by atoms with Gasteiger partial charge < -0.3 is 20.1 Å². The summed E-state index contributed by atoms with van der Waals surface area (Å²) in [6, 6.07) is 14.4. The lowest BCUT2D eigenvalue weighted by atomic mass is 10.0. The van der Waals surface area contributed by atoms with Gasteiger partial charge in [0.2, 0.25) is 5.91 Å². The van der Waals surface area contributed by atoms with Gasteiger partial charge in [0.05, 0.1) is 12.6 Å². The van der Waals surface area contributed by atoms with Crippen molar-refractivity contribution in [1.82, 2.24) is 15.1 Å². The molecule has 0 spiro atoms. The highest BCUT2D eigenvalue weighted by Gasteiger charge is 2.40. The van der Waals surface area contributed by atoms with Crippen LogP contribution in [0.4, 0.5) is 4.79 Å². The molecule has 3 rings (SSSR count). The largest absolute Gasteiger partial charge is 0.480 e. The molecule has 3 atom stereocenters. The molecule has 1 aliphatic heterocycles. The molecular weight excluding hydrogens is 514 g/mol. The Morgan fingerprint density at radius 1 is 1.05 bits per heavy atom. The minimum absolute atomic E-state index is 0.0727. The van der Waals surface area contributed by atoms with Crippen LogP contribution in [0.1, 0.15) is 61.9 Å². The second-order valence-corrected chi connectivity index (χ2v) is 9.87. The van der Waals surface area contributed by atoms with E-state index >= 15 is 0 Å². The van der Waals surface area contributed by atoms with Crippen molar-refractivity contribution >= 4 is 29.7 Å². The highest BCUT2D eigenvalue weighted by Crippen LogP contribution is 2.21. The molecular formula is C30H37N3O7. The predicted octanol–water partition coefficient (Wildman–Crippen LogP) is 3.65. The molecule has 1 fully saturated rings. The molecule has 3 amide bonds. The van der Waals surface area contributed by atoms with Crippen LogP contribution in [0.15, 0.2) is 60.7 Å². The number of hydrogen-bond donors (Lipinski definition) is 2. The number of benzene rings is 2. The van der Waals surface area contributed by atoms with Crippen LogP contribution in [0.5, 0.6) is 0 Å². The number of amides is 3. The van der Waals surface area contributed by atoms with Crippen molar-refractivity contribution in [3.05, 3.63) is 71.8 Å². The molecule has 214 valence electrons. The van der Waals surface area contributed by atoms with E-state index in [4.69, 9.17) is 4.74 Å². The monoisotopic (exact) mass is 551 g/mol. The number of carboxylic acid groups (broad SMARTS) is 1. The fourth-order valence-electron chi connectivity index (χ4n) is 4.65. The Morgan fingerprint density at radius 2 is 1.70 bits per heavy atom. The van der Waals surface area contributed by atoms with Gasteiger partial charge >= 0.3 is 12.1 Å². The van der Waals surface area contributed by atoms with Crippen LogP contribution >= 0.6 is 0 Å². The Balaban J connectivity index is 1.81. The molecule has 1 heterocycles. The summed E-state index contributed by atoms with van der Waals surface area (Å²) in [5.74, 6) is -2.56. The Kier molecular flexibility index (Phi) is 11.2. The number of Topliss-reactive ketones (excluding diaryl/α,β-unsaturated/α-hetero) is 1. The van der Waals surface area contributed by atoms with Gasteiger partial charge in [-0.05, 0) is 43.9 Å². The molecule has 2 N–H and O–H groups in total. The third-order valence-electron chi connectivity index (χ3n) is 6.99. The van der Waals surface area contributed by atoms with Gasteiger partial charge in [-0.2, -0.15) is 0 Å². The number of nitrogens with one attached hydrogen (secondary N) is 1. The lowest BCUT2D eigenvalue weighted by molar-refractivity contribution is -0.150. The molecule has 10 heteroatoms. The molecule has 40 heavy (non-hydrogen) atoms. The molecule has 0 saturated carbocycles. The third-order valence-corrected chi connectivity index (χ3v) is 6.99. The van der Waals surface area contributed by atoms with Crippen molar-refractivity contribution in [1.29, 1.82) is 0 Å². The van der Waals surface area contributed by atoms with E-state index in [9.17, 15) is 29.1 Å². The molecule has 2 aromatic carbocycles. The van der Waals surface area contributed by atoms with Gasteiger partial charge in [-0.1, -0.05) is 68.3 Å². The van der Waals surface area contributed by atoms with Crippen molar-refractivity contribution < 1.29 is 33.8 Å². The first kappa shape index (κ1) is 30.3. The van der Waals surface area contributed by atoms with Crippen LogP contribution in [0.2, 0.25) is 0 Å². The fourth-order valence-corrected chi connectivity index (χ4v) is 4.65. The van der Waals surface area contributed by atoms with Gasteiger partial charge in [0.15, 0.2) is 5.78 Å². The van der Waals surface area contributed by atoms with Gasteiger partial charge in [0, 0.05) is 12.1 Å². The molecule has 0 aromatic heterocycles. The van der Waals surface area contributed by atoms with E-state index in [-0.39, 0.29) is 13.2 Å². The van der Waals surface area contributed by atoms with Crippen LogP contribution in [-0.2, 0) is 25.7 Å². The van der Waals surface area contributed by atoms with E-state index in [0.717, 1.165) is 16.9 Å². The minimum atomic E-state index is -1.16.